The number of nitro groups is 1. The van der Waals surface area contributed by atoms with Gasteiger partial charge in [0.05, 0.1) is 17.7 Å². The fourth-order valence-corrected chi connectivity index (χ4v) is 2.98. The number of methoxy groups -OCH3 is 1. The van der Waals surface area contributed by atoms with Crippen LogP contribution in [-0.4, -0.2) is 49.0 Å². The maximum Gasteiger partial charge on any atom is 0.269 e. The van der Waals surface area contributed by atoms with Crippen LogP contribution in [-0.2, 0) is 0 Å². The molecule has 0 bridgehead atoms. The van der Waals surface area contributed by atoms with E-state index in [1.807, 2.05) is 0 Å². The monoisotopic (exact) mass is 356 g/mol. The first-order valence-corrected chi connectivity index (χ1v) is 8.22. The molecule has 1 saturated heterocycles. The molecule has 0 spiro atoms. The molecular formula is C18H20N4O4. The number of nitrogen functional groups attached to an aromatic ring is 1. The number of nitrogens with zero attached hydrogens (tertiary/aromatic N) is 3. The topological polar surface area (TPSA) is 102 Å². The molecule has 1 aliphatic rings. The van der Waals surface area contributed by atoms with Crippen molar-refractivity contribution in [2.75, 3.05) is 43.9 Å². The third-order valence-corrected chi connectivity index (χ3v) is 4.47. The van der Waals surface area contributed by atoms with Gasteiger partial charge in [-0.25, -0.2) is 0 Å². The minimum atomic E-state index is -0.415. The van der Waals surface area contributed by atoms with Crippen LogP contribution in [0.25, 0.3) is 0 Å². The number of nitro benzene ring substituents is 1. The Morgan fingerprint density at radius 3 is 2.35 bits per heavy atom. The summed E-state index contributed by atoms with van der Waals surface area (Å²) in [6.45, 7) is 2.47. The average Bonchev–Trinajstić information content (AvgIpc) is 2.68. The van der Waals surface area contributed by atoms with Gasteiger partial charge in [0.15, 0.2) is 0 Å². The number of hydrogen-bond acceptors (Lipinski definition) is 6. The van der Waals surface area contributed by atoms with Gasteiger partial charge in [0.2, 0.25) is 0 Å². The van der Waals surface area contributed by atoms with Crippen LogP contribution in [0.3, 0.4) is 0 Å². The van der Waals surface area contributed by atoms with E-state index in [0.29, 0.717) is 43.2 Å². The third kappa shape index (κ3) is 3.53. The number of rotatable bonds is 4. The Bertz CT molecular complexity index is 814. The van der Waals surface area contributed by atoms with Crippen LogP contribution in [0.5, 0.6) is 5.75 Å². The van der Waals surface area contributed by atoms with Gasteiger partial charge in [0, 0.05) is 49.6 Å². The van der Waals surface area contributed by atoms with Crippen molar-refractivity contribution in [2.24, 2.45) is 0 Å². The van der Waals surface area contributed by atoms with Gasteiger partial charge in [-0.2, -0.15) is 0 Å². The summed E-state index contributed by atoms with van der Waals surface area (Å²) in [7, 11) is 1.52. The highest BCUT2D eigenvalue weighted by Crippen LogP contribution is 2.24. The van der Waals surface area contributed by atoms with E-state index < -0.39 is 4.92 Å². The quantitative estimate of drug-likeness (QED) is 0.512. The zero-order chi connectivity index (χ0) is 18.7. The Labute approximate surface area is 150 Å². The van der Waals surface area contributed by atoms with Gasteiger partial charge in [0.25, 0.3) is 11.6 Å². The smallest absolute Gasteiger partial charge is 0.269 e. The number of piperazine rings is 1. The van der Waals surface area contributed by atoms with Crippen molar-refractivity contribution < 1.29 is 14.5 Å². The van der Waals surface area contributed by atoms with E-state index in [0.717, 1.165) is 5.69 Å². The number of benzene rings is 2. The Hall–Kier alpha value is -3.29. The van der Waals surface area contributed by atoms with Crippen LogP contribution in [0, 0.1) is 10.1 Å². The van der Waals surface area contributed by atoms with Crippen LogP contribution in [0.4, 0.5) is 17.1 Å². The van der Waals surface area contributed by atoms with E-state index in [9.17, 15) is 14.9 Å². The van der Waals surface area contributed by atoms with Crippen molar-refractivity contribution in [3.63, 3.8) is 0 Å². The molecule has 8 heteroatoms. The van der Waals surface area contributed by atoms with Gasteiger partial charge < -0.3 is 20.3 Å². The molecule has 0 unspecified atom stereocenters. The lowest BCUT2D eigenvalue weighted by Crippen LogP contribution is -2.48. The first-order valence-electron chi connectivity index (χ1n) is 8.22. The standard InChI is InChI=1S/C18H20N4O4/c1-26-17-12-13(2-7-16(17)19)18(23)21-10-8-20(9-11-21)14-3-5-15(6-4-14)22(24)25/h2-7,12H,8-11,19H2,1H3. The number of hydrogen-bond donors (Lipinski definition) is 1. The molecule has 2 N–H and O–H groups in total. The van der Waals surface area contributed by atoms with Gasteiger partial charge >= 0.3 is 0 Å². The van der Waals surface area contributed by atoms with Crippen LogP contribution in [0.2, 0.25) is 0 Å². The van der Waals surface area contributed by atoms with Gasteiger partial charge in [-0.1, -0.05) is 0 Å². The molecule has 2 aromatic rings. The van der Waals surface area contributed by atoms with Crippen molar-refractivity contribution in [3.05, 3.63) is 58.1 Å². The normalized spacial score (nSPS) is 14.2. The first kappa shape index (κ1) is 17.5. The van der Waals surface area contributed by atoms with E-state index in [4.69, 9.17) is 10.5 Å². The van der Waals surface area contributed by atoms with Crippen LogP contribution in [0.1, 0.15) is 10.4 Å². The molecule has 0 saturated carbocycles. The highest BCUT2D eigenvalue weighted by Gasteiger charge is 2.23. The summed E-state index contributed by atoms with van der Waals surface area (Å²) < 4.78 is 5.17. The van der Waals surface area contributed by atoms with Crippen LogP contribution < -0.4 is 15.4 Å². The van der Waals surface area contributed by atoms with E-state index in [1.165, 1.54) is 19.2 Å². The lowest BCUT2D eigenvalue weighted by molar-refractivity contribution is -0.384. The van der Waals surface area contributed by atoms with Crippen molar-refractivity contribution in [1.82, 2.24) is 4.90 Å². The Kier molecular flexibility index (Phi) is 4.92. The minimum Gasteiger partial charge on any atom is -0.495 e. The minimum absolute atomic E-state index is 0.0633. The molecule has 0 radical (unpaired) electrons. The molecule has 1 heterocycles. The molecule has 1 amide bonds. The predicted octanol–water partition coefficient (Wildman–Crippen LogP) is 2.15. The maximum absolute atomic E-state index is 12.7. The fourth-order valence-electron chi connectivity index (χ4n) is 2.98. The molecular weight excluding hydrogens is 336 g/mol. The third-order valence-electron chi connectivity index (χ3n) is 4.47. The van der Waals surface area contributed by atoms with E-state index in [1.54, 1.807) is 35.2 Å². The highest BCUT2D eigenvalue weighted by atomic mass is 16.6. The molecule has 26 heavy (non-hydrogen) atoms. The predicted molar refractivity (Wildman–Crippen MR) is 98.6 cm³/mol. The molecule has 1 fully saturated rings. The van der Waals surface area contributed by atoms with Gasteiger partial charge in [-0.05, 0) is 30.3 Å². The Morgan fingerprint density at radius 1 is 1.12 bits per heavy atom. The Balaban J connectivity index is 1.64. The summed E-state index contributed by atoms with van der Waals surface area (Å²) in [5.74, 6) is 0.423. The average molecular weight is 356 g/mol. The van der Waals surface area contributed by atoms with Gasteiger partial charge in [-0.3, -0.25) is 14.9 Å². The highest BCUT2D eigenvalue weighted by molar-refractivity contribution is 5.95. The second kappa shape index (κ2) is 7.30. The molecule has 136 valence electrons. The second-order valence-electron chi connectivity index (χ2n) is 6.01. The molecule has 8 nitrogen and oxygen atoms in total. The van der Waals surface area contributed by atoms with Crippen molar-refractivity contribution in [1.29, 1.82) is 0 Å². The largest absolute Gasteiger partial charge is 0.495 e. The number of nitrogens with two attached hydrogens (primary N) is 1. The SMILES string of the molecule is COc1cc(C(=O)N2CCN(c3ccc([N+](=O)[O-])cc3)CC2)ccc1N. The summed E-state index contributed by atoms with van der Waals surface area (Å²) in [6, 6.07) is 11.5. The fraction of sp³-hybridized carbons (Fsp3) is 0.278. The lowest BCUT2D eigenvalue weighted by Gasteiger charge is -2.36. The van der Waals surface area contributed by atoms with Crippen LogP contribution in [0.15, 0.2) is 42.5 Å². The molecule has 3 rings (SSSR count). The molecule has 0 aromatic heterocycles. The van der Waals surface area contributed by atoms with E-state index >= 15 is 0 Å². The number of ether oxygens (including phenoxy) is 1. The number of carbonyl (C=O) groups is 1. The van der Waals surface area contributed by atoms with Crippen LogP contribution >= 0.6 is 0 Å². The summed E-state index contributed by atoms with van der Waals surface area (Å²) in [4.78, 5) is 26.9. The molecule has 0 aliphatic carbocycles. The number of non-ortho nitro benzene ring substituents is 1. The van der Waals surface area contributed by atoms with Gasteiger partial charge in [0.1, 0.15) is 5.75 Å². The maximum atomic E-state index is 12.7. The van der Waals surface area contributed by atoms with Crippen molar-refractivity contribution in [2.45, 2.75) is 0 Å². The molecule has 0 atom stereocenters. The molecule has 1 aliphatic heterocycles. The number of carbonyl (C=O) groups excluding carboxylic acids is 1. The zero-order valence-electron chi connectivity index (χ0n) is 14.4. The second-order valence-corrected chi connectivity index (χ2v) is 6.01. The van der Waals surface area contributed by atoms with E-state index in [2.05, 4.69) is 4.90 Å². The van der Waals surface area contributed by atoms with E-state index in [-0.39, 0.29) is 11.6 Å². The lowest BCUT2D eigenvalue weighted by atomic mass is 10.1. The molecule has 2 aromatic carbocycles. The summed E-state index contributed by atoms with van der Waals surface area (Å²) in [5, 5.41) is 10.7. The van der Waals surface area contributed by atoms with Crippen molar-refractivity contribution >= 4 is 23.0 Å². The zero-order valence-corrected chi connectivity index (χ0v) is 14.4. The van der Waals surface area contributed by atoms with Crippen molar-refractivity contribution in [3.8, 4) is 5.75 Å². The summed E-state index contributed by atoms with van der Waals surface area (Å²) in [5.41, 5.74) is 7.81. The summed E-state index contributed by atoms with van der Waals surface area (Å²) >= 11 is 0. The first-order chi connectivity index (χ1) is 12.5. The number of anilines is 2. The van der Waals surface area contributed by atoms with Gasteiger partial charge in [-0.15, -0.1) is 0 Å². The summed E-state index contributed by atoms with van der Waals surface area (Å²) in [6.07, 6.45) is 0. The Morgan fingerprint density at radius 2 is 1.77 bits per heavy atom. The number of amides is 1.